The topological polar surface area (TPSA) is 83.8 Å². The zero-order valence-corrected chi connectivity index (χ0v) is 11.7. The van der Waals surface area contributed by atoms with Crippen LogP contribution in [0.2, 0.25) is 0 Å². The SMILES string of the molecule is Nc1ccc2c(c1)CCC2Nc1cc(=O)[nH]c(C2CC2)n1. The Kier molecular flexibility index (Phi) is 2.74. The normalized spacial score (nSPS) is 20.3. The monoisotopic (exact) mass is 282 g/mol. The molecule has 1 saturated carbocycles. The zero-order chi connectivity index (χ0) is 14.4. The first-order chi connectivity index (χ1) is 10.2. The van der Waals surface area contributed by atoms with E-state index in [-0.39, 0.29) is 11.6 Å². The van der Waals surface area contributed by atoms with Gasteiger partial charge in [0.05, 0.1) is 6.04 Å². The summed E-state index contributed by atoms with van der Waals surface area (Å²) in [6.45, 7) is 0. The summed E-state index contributed by atoms with van der Waals surface area (Å²) in [5.74, 6) is 1.94. The van der Waals surface area contributed by atoms with Gasteiger partial charge in [-0.3, -0.25) is 4.79 Å². The summed E-state index contributed by atoms with van der Waals surface area (Å²) >= 11 is 0. The molecule has 0 amide bonds. The van der Waals surface area contributed by atoms with Gasteiger partial charge in [0, 0.05) is 17.7 Å². The summed E-state index contributed by atoms with van der Waals surface area (Å²) in [6, 6.07) is 7.80. The van der Waals surface area contributed by atoms with Gasteiger partial charge in [0.2, 0.25) is 0 Å². The van der Waals surface area contributed by atoms with Gasteiger partial charge < -0.3 is 16.0 Å². The number of aromatic nitrogens is 2. The minimum atomic E-state index is -0.0788. The average Bonchev–Trinajstić information content (AvgIpc) is 3.22. The van der Waals surface area contributed by atoms with Crippen LogP contribution in [0.15, 0.2) is 29.1 Å². The van der Waals surface area contributed by atoms with E-state index in [2.05, 4.69) is 21.4 Å². The van der Waals surface area contributed by atoms with Crippen LogP contribution in [-0.2, 0) is 6.42 Å². The fraction of sp³-hybridized carbons (Fsp3) is 0.375. The third kappa shape index (κ3) is 2.39. The third-order valence-electron chi connectivity index (χ3n) is 4.29. The predicted molar refractivity (Wildman–Crippen MR) is 82.4 cm³/mol. The molecule has 2 aliphatic carbocycles. The van der Waals surface area contributed by atoms with Gasteiger partial charge in [0.15, 0.2) is 0 Å². The Labute approximate surface area is 122 Å². The lowest BCUT2D eigenvalue weighted by Gasteiger charge is -2.15. The van der Waals surface area contributed by atoms with Crippen LogP contribution in [0.4, 0.5) is 11.5 Å². The predicted octanol–water partition coefficient (Wildman–Crippen LogP) is 2.33. The smallest absolute Gasteiger partial charge is 0.252 e. The van der Waals surface area contributed by atoms with E-state index < -0.39 is 0 Å². The van der Waals surface area contributed by atoms with E-state index in [1.165, 1.54) is 11.1 Å². The van der Waals surface area contributed by atoms with Crippen LogP contribution in [0.25, 0.3) is 0 Å². The van der Waals surface area contributed by atoms with Crippen molar-refractivity contribution in [1.82, 2.24) is 9.97 Å². The standard InChI is InChI=1S/C16H18N4O/c17-11-4-5-12-10(7-11)3-6-13(12)18-14-8-15(21)20-16(19-14)9-1-2-9/h4-5,7-9,13H,1-3,6,17H2,(H2,18,19,20,21). The maximum absolute atomic E-state index is 11.8. The van der Waals surface area contributed by atoms with Crippen molar-refractivity contribution in [3.05, 3.63) is 51.6 Å². The molecule has 4 N–H and O–H groups in total. The first-order valence-corrected chi connectivity index (χ1v) is 7.45. The van der Waals surface area contributed by atoms with E-state index in [0.717, 1.165) is 37.2 Å². The maximum Gasteiger partial charge on any atom is 0.252 e. The van der Waals surface area contributed by atoms with Gasteiger partial charge in [0.1, 0.15) is 11.6 Å². The number of nitrogens with one attached hydrogen (secondary N) is 2. The van der Waals surface area contributed by atoms with Gasteiger partial charge in [-0.1, -0.05) is 6.07 Å². The molecule has 0 aliphatic heterocycles. The maximum atomic E-state index is 11.8. The van der Waals surface area contributed by atoms with E-state index in [1.54, 1.807) is 6.07 Å². The number of nitrogens with zero attached hydrogens (tertiary/aromatic N) is 1. The van der Waals surface area contributed by atoms with Gasteiger partial charge in [-0.05, 0) is 48.9 Å². The van der Waals surface area contributed by atoms with E-state index >= 15 is 0 Å². The first-order valence-electron chi connectivity index (χ1n) is 7.45. The second kappa shape index (κ2) is 4.62. The Morgan fingerprint density at radius 2 is 2.10 bits per heavy atom. The molecule has 1 aromatic carbocycles. The molecule has 0 saturated heterocycles. The van der Waals surface area contributed by atoms with Crippen molar-refractivity contribution >= 4 is 11.5 Å². The van der Waals surface area contributed by atoms with Crippen LogP contribution < -0.4 is 16.6 Å². The van der Waals surface area contributed by atoms with Crippen LogP contribution in [0, 0.1) is 0 Å². The molecule has 4 rings (SSSR count). The molecule has 0 spiro atoms. The van der Waals surface area contributed by atoms with Crippen LogP contribution in [0.5, 0.6) is 0 Å². The second-order valence-corrected chi connectivity index (χ2v) is 5.98. The number of anilines is 2. The number of nitrogen functional groups attached to an aromatic ring is 1. The minimum absolute atomic E-state index is 0.0788. The molecule has 2 aromatic rings. The van der Waals surface area contributed by atoms with Crippen LogP contribution in [-0.4, -0.2) is 9.97 Å². The number of hydrogen-bond donors (Lipinski definition) is 3. The van der Waals surface area contributed by atoms with Crippen molar-refractivity contribution in [3.63, 3.8) is 0 Å². The Balaban J connectivity index is 1.61. The van der Waals surface area contributed by atoms with Crippen LogP contribution >= 0.6 is 0 Å². The van der Waals surface area contributed by atoms with E-state index in [9.17, 15) is 4.79 Å². The summed E-state index contributed by atoms with van der Waals surface area (Å²) in [4.78, 5) is 19.2. The van der Waals surface area contributed by atoms with Crippen molar-refractivity contribution < 1.29 is 0 Å². The van der Waals surface area contributed by atoms with Crippen molar-refractivity contribution in [1.29, 1.82) is 0 Å². The number of hydrogen-bond acceptors (Lipinski definition) is 4. The highest BCUT2D eigenvalue weighted by molar-refractivity contribution is 5.50. The third-order valence-corrected chi connectivity index (χ3v) is 4.29. The van der Waals surface area contributed by atoms with Gasteiger partial charge in [0.25, 0.3) is 5.56 Å². The first kappa shape index (κ1) is 12.4. The summed E-state index contributed by atoms with van der Waals surface area (Å²) in [5.41, 5.74) is 9.11. The molecule has 5 nitrogen and oxygen atoms in total. The highest BCUT2D eigenvalue weighted by Gasteiger charge is 2.27. The quantitative estimate of drug-likeness (QED) is 0.754. The number of nitrogens with two attached hydrogens (primary N) is 1. The lowest BCUT2D eigenvalue weighted by Crippen LogP contribution is -2.15. The molecule has 108 valence electrons. The number of aryl methyl sites for hydroxylation is 1. The fourth-order valence-corrected chi connectivity index (χ4v) is 3.07. The molecule has 1 heterocycles. The van der Waals surface area contributed by atoms with Crippen molar-refractivity contribution in [2.75, 3.05) is 11.1 Å². The fourth-order valence-electron chi connectivity index (χ4n) is 3.07. The lowest BCUT2D eigenvalue weighted by molar-refractivity contribution is 0.752. The summed E-state index contributed by atoms with van der Waals surface area (Å²) in [5, 5.41) is 3.41. The number of benzene rings is 1. The molecule has 2 aliphatic rings. The van der Waals surface area contributed by atoms with Crippen molar-refractivity contribution in [3.8, 4) is 0 Å². The Bertz CT molecular complexity index is 748. The van der Waals surface area contributed by atoms with E-state index in [0.29, 0.717) is 11.7 Å². The molecular formula is C16H18N4O. The van der Waals surface area contributed by atoms with Crippen LogP contribution in [0.1, 0.15) is 48.2 Å². The second-order valence-electron chi connectivity index (χ2n) is 5.98. The Morgan fingerprint density at radius 3 is 2.90 bits per heavy atom. The molecule has 1 fully saturated rings. The molecule has 1 aromatic heterocycles. The van der Waals surface area contributed by atoms with Gasteiger partial charge >= 0.3 is 0 Å². The molecule has 0 radical (unpaired) electrons. The number of fused-ring (bicyclic) bond motifs is 1. The molecule has 0 bridgehead atoms. The minimum Gasteiger partial charge on any atom is -0.399 e. The van der Waals surface area contributed by atoms with Gasteiger partial charge in [-0.25, -0.2) is 4.98 Å². The molecule has 1 atom stereocenters. The highest BCUT2D eigenvalue weighted by Crippen LogP contribution is 2.38. The zero-order valence-electron chi connectivity index (χ0n) is 11.7. The van der Waals surface area contributed by atoms with Crippen LogP contribution in [0.3, 0.4) is 0 Å². The highest BCUT2D eigenvalue weighted by atomic mass is 16.1. The number of rotatable bonds is 3. The number of aromatic amines is 1. The summed E-state index contributed by atoms with van der Waals surface area (Å²) in [7, 11) is 0. The van der Waals surface area contributed by atoms with Crippen molar-refractivity contribution in [2.45, 2.75) is 37.6 Å². The molecule has 5 heteroatoms. The lowest BCUT2D eigenvalue weighted by atomic mass is 10.1. The Morgan fingerprint density at radius 1 is 1.24 bits per heavy atom. The largest absolute Gasteiger partial charge is 0.399 e. The van der Waals surface area contributed by atoms with Gasteiger partial charge in [-0.15, -0.1) is 0 Å². The van der Waals surface area contributed by atoms with Crippen molar-refractivity contribution in [2.24, 2.45) is 0 Å². The van der Waals surface area contributed by atoms with E-state index in [4.69, 9.17) is 5.73 Å². The average molecular weight is 282 g/mol. The molecular weight excluding hydrogens is 264 g/mol. The summed E-state index contributed by atoms with van der Waals surface area (Å²) in [6.07, 6.45) is 4.26. The molecule has 1 unspecified atom stereocenters. The molecule has 21 heavy (non-hydrogen) atoms. The Hall–Kier alpha value is -2.30. The number of H-pyrrole nitrogens is 1. The van der Waals surface area contributed by atoms with E-state index in [1.807, 2.05) is 12.1 Å². The summed E-state index contributed by atoms with van der Waals surface area (Å²) < 4.78 is 0. The van der Waals surface area contributed by atoms with Gasteiger partial charge in [-0.2, -0.15) is 0 Å².